The van der Waals surface area contributed by atoms with Gasteiger partial charge in [-0.1, -0.05) is 0 Å². The Bertz CT molecular complexity index is 576. The summed E-state index contributed by atoms with van der Waals surface area (Å²) in [4.78, 5) is 14.3. The number of fused-ring (bicyclic) bond motifs is 3. The van der Waals surface area contributed by atoms with Crippen molar-refractivity contribution in [3.8, 4) is 5.69 Å². The van der Waals surface area contributed by atoms with Gasteiger partial charge < -0.3 is 5.32 Å². The minimum Gasteiger partial charge on any atom is -0.377 e. The van der Waals surface area contributed by atoms with E-state index >= 15 is 0 Å². The fourth-order valence-corrected chi connectivity index (χ4v) is 1.85. The summed E-state index contributed by atoms with van der Waals surface area (Å²) in [5.74, 6) is 0. The maximum atomic E-state index is 10.6. The van der Waals surface area contributed by atoms with Crippen molar-refractivity contribution in [3.05, 3.63) is 46.5 Å². The number of hydrogen-bond donors (Lipinski definition) is 1. The van der Waals surface area contributed by atoms with Crippen LogP contribution < -0.4 is 5.32 Å². The number of aromatic nitrogens is 2. The Morgan fingerprint density at radius 2 is 2.38 bits per heavy atom. The van der Waals surface area contributed by atoms with Crippen molar-refractivity contribution in [2.75, 3.05) is 5.32 Å². The van der Waals surface area contributed by atoms with Crippen LogP contribution in [0.3, 0.4) is 0 Å². The maximum absolute atomic E-state index is 10.6. The third-order valence-corrected chi connectivity index (χ3v) is 2.63. The number of rotatable bonds is 1. The topological polar surface area (TPSA) is 73.0 Å². The molecule has 2 heterocycles. The first-order valence-corrected chi connectivity index (χ1v) is 4.79. The quantitative estimate of drug-likeness (QED) is 0.581. The number of imidazole rings is 1. The molecule has 0 spiro atoms. The van der Waals surface area contributed by atoms with Crippen LogP contribution in [0.2, 0.25) is 0 Å². The molecule has 1 N–H and O–H groups in total. The average molecular weight is 216 g/mol. The molecule has 6 heteroatoms. The van der Waals surface area contributed by atoms with Crippen LogP contribution >= 0.6 is 0 Å². The fourth-order valence-electron chi connectivity index (χ4n) is 1.85. The lowest BCUT2D eigenvalue weighted by molar-refractivity contribution is -0.384. The van der Waals surface area contributed by atoms with Gasteiger partial charge in [0.15, 0.2) is 0 Å². The Morgan fingerprint density at radius 1 is 1.50 bits per heavy atom. The lowest BCUT2D eigenvalue weighted by atomic mass is 10.2. The summed E-state index contributed by atoms with van der Waals surface area (Å²) in [7, 11) is 0. The summed E-state index contributed by atoms with van der Waals surface area (Å²) in [5, 5.41) is 13.8. The number of hydrogen-bond acceptors (Lipinski definition) is 4. The van der Waals surface area contributed by atoms with E-state index in [0.717, 1.165) is 17.1 Å². The van der Waals surface area contributed by atoms with Crippen molar-refractivity contribution in [2.24, 2.45) is 0 Å². The van der Waals surface area contributed by atoms with E-state index in [1.165, 1.54) is 12.1 Å². The van der Waals surface area contributed by atoms with Gasteiger partial charge in [0.1, 0.15) is 0 Å². The highest BCUT2D eigenvalue weighted by Gasteiger charge is 2.17. The van der Waals surface area contributed by atoms with Gasteiger partial charge in [-0.05, 0) is 6.07 Å². The molecule has 0 amide bonds. The van der Waals surface area contributed by atoms with Gasteiger partial charge in [0.25, 0.3) is 5.69 Å². The lowest BCUT2D eigenvalue weighted by Crippen LogP contribution is -2.14. The van der Waals surface area contributed by atoms with Gasteiger partial charge in [-0.2, -0.15) is 0 Å². The molecule has 1 aliphatic heterocycles. The van der Waals surface area contributed by atoms with E-state index in [4.69, 9.17) is 0 Å². The molecule has 0 radical (unpaired) electrons. The van der Waals surface area contributed by atoms with Crippen molar-refractivity contribution in [2.45, 2.75) is 6.54 Å². The second-order valence-electron chi connectivity index (χ2n) is 3.57. The van der Waals surface area contributed by atoms with Gasteiger partial charge in [0.05, 0.1) is 41.1 Å². The van der Waals surface area contributed by atoms with Gasteiger partial charge in [0.2, 0.25) is 0 Å². The molecule has 6 nitrogen and oxygen atoms in total. The van der Waals surface area contributed by atoms with Crippen molar-refractivity contribution >= 4 is 11.4 Å². The van der Waals surface area contributed by atoms with Gasteiger partial charge in [-0.3, -0.25) is 14.7 Å². The van der Waals surface area contributed by atoms with E-state index in [1.54, 1.807) is 18.6 Å². The van der Waals surface area contributed by atoms with Crippen LogP contribution in [-0.4, -0.2) is 14.5 Å². The first-order chi connectivity index (χ1) is 7.75. The molecule has 0 unspecified atom stereocenters. The Morgan fingerprint density at radius 3 is 3.19 bits per heavy atom. The van der Waals surface area contributed by atoms with E-state index < -0.39 is 4.92 Å². The Hall–Kier alpha value is -2.37. The number of nitro benzene ring substituents is 1. The molecule has 16 heavy (non-hydrogen) atoms. The average Bonchev–Trinajstić information content (AvgIpc) is 2.76. The maximum Gasteiger partial charge on any atom is 0.271 e. The highest BCUT2D eigenvalue weighted by atomic mass is 16.6. The number of benzene rings is 1. The summed E-state index contributed by atoms with van der Waals surface area (Å²) in [6.45, 7) is 0.633. The van der Waals surface area contributed by atoms with Crippen LogP contribution in [0.15, 0.2) is 30.7 Å². The van der Waals surface area contributed by atoms with E-state index in [9.17, 15) is 10.1 Å². The van der Waals surface area contributed by atoms with Gasteiger partial charge in [-0.15, -0.1) is 0 Å². The van der Waals surface area contributed by atoms with Crippen LogP contribution in [0.4, 0.5) is 11.4 Å². The van der Waals surface area contributed by atoms with E-state index in [2.05, 4.69) is 10.3 Å². The van der Waals surface area contributed by atoms with E-state index in [0.29, 0.717) is 6.54 Å². The normalized spacial score (nSPS) is 12.5. The molecular formula is C10H8N4O2. The van der Waals surface area contributed by atoms with Crippen LogP contribution in [0.25, 0.3) is 5.69 Å². The largest absolute Gasteiger partial charge is 0.377 e. The fraction of sp³-hybridized carbons (Fsp3) is 0.100. The number of non-ortho nitro benzene ring substituents is 1. The molecular weight excluding hydrogens is 208 g/mol. The molecule has 1 aromatic carbocycles. The molecule has 0 fully saturated rings. The smallest absolute Gasteiger partial charge is 0.271 e. The summed E-state index contributed by atoms with van der Waals surface area (Å²) in [6, 6.07) is 4.76. The Kier molecular flexibility index (Phi) is 1.70. The Balaban J connectivity index is 2.17. The monoisotopic (exact) mass is 216 g/mol. The predicted octanol–water partition coefficient (Wildman–Crippen LogP) is 1.71. The van der Waals surface area contributed by atoms with Crippen LogP contribution in [0, 0.1) is 10.1 Å². The molecule has 2 aromatic rings. The SMILES string of the molecule is O=[N+]([O-])c1ccc2c(c1)NCc1cncn1-2. The number of nitrogens with one attached hydrogen (secondary N) is 1. The van der Waals surface area contributed by atoms with Crippen LogP contribution in [0.5, 0.6) is 0 Å². The molecule has 3 rings (SSSR count). The van der Waals surface area contributed by atoms with Gasteiger partial charge >= 0.3 is 0 Å². The highest BCUT2D eigenvalue weighted by molar-refractivity contribution is 5.67. The molecule has 0 atom stereocenters. The summed E-state index contributed by atoms with van der Waals surface area (Å²) >= 11 is 0. The number of anilines is 1. The third kappa shape index (κ3) is 1.16. The van der Waals surface area contributed by atoms with Gasteiger partial charge in [-0.25, -0.2) is 4.98 Å². The van der Waals surface area contributed by atoms with Gasteiger partial charge in [0, 0.05) is 12.1 Å². The van der Waals surface area contributed by atoms with Crippen molar-refractivity contribution < 1.29 is 4.92 Å². The standard InChI is InChI=1S/C10H8N4O2/c15-14(16)7-1-2-10-9(3-7)12-5-8-4-11-6-13(8)10/h1-4,6,12H,5H2. The van der Waals surface area contributed by atoms with E-state index in [1.807, 2.05) is 4.57 Å². The zero-order valence-electron chi connectivity index (χ0n) is 8.25. The van der Waals surface area contributed by atoms with Crippen molar-refractivity contribution in [1.82, 2.24) is 9.55 Å². The molecule has 1 aliphatic rings. The molecule has 0 saturated carbocycles. The second-order valence-corrected chi connectivity index (χ2v) is 3.57. The highest BCUT2D eigenvalue weighted by Crippen LogP contribution is 2.30. The molecule has 0 saturated heterocycles. The molecule has 0 bridgehead atoms. The summed E-state index contributed by atoms with van der Waals surface area (Å²) in [6.07, 6.45) is 3.48. The summed E-state index contributed by atoms with van der Waals surface area (Å²) < 4.78 is 1.93. The third-order valence-electron chi connectivity index (χ3n) is 2.63. The zero-order chi connectivity index (χ0) is 11.1. The lowest BCUT2D eigenvalue weighted by Gasteiger charge is -2.19. The Labute approximate surface area is 90.7 Å². The van der Waals surface area contributed by atoms with Crippen molar-refractivity contribution in [3.63, 3.8) is 0 Å². The van der Waals surface area contributed by atoms with Crippen LogP contribution in [0.1, 0.15) is 5.69 Å². The van der Waals surface area contributed by atoms with Crippen molar-refractivity contribution in [1.29, 1.82) is 0 Å². The van der Waals surface area contributed by atoms with Crippen LogP contribution in [-0.2, 0) is 6.54 Å². The zero-order valence-corrected chi connectivity index (χ0v) is 8.25. The first-order valence-electron chi connectivity index (χ1n) is 4.79. The number of nitrogens with zero attached hydrogens (tertiary/aromatic N) is 3. The number of nitro groups is 1. The summed E-state index contributed by atoms with van der Waals surface area (Å²) in [5.41, 5.74) is 2.79. The second kappa shape index (κ2) is 3.06. The molecule has 80 valence electrons. The minimum atomic E-state index is -0.397. The molecule has 1 aromatic heterocycles. The van der Waals surface area contributed by atoms with E-state index in [-0.39, 0.29) is 5.69 Å². The molecule has 0 aliphatic carbocycles. The predicted molar refractivity (Wildman–Crippen MR) is 57.5 cm³/mol. The minimum absolute atomic E-state index is 0.0924. The first kappa shape index (κ1) is 8.90.